The summed E-state index contributed by atoms with van der Waals surface area (Å²) < 4.78 is 0. The first-order valence-electron chi connectivity index (χ1n) is 4.00. The molecule has 0 spiro atoms. The molecule has 0 aliphatic heterocycles. The molecule has 1 saturated carbocycles. The molecule has 0 radical (unpaired) electrons. The predicted molar refractivity (Wildman–Crippen MR) is 41.9 cm³/mol. The Morgan fingerprint density at radius 3 is 3.27 bits per heavy atom. The standard InChI is InChI=1S/C10H8O/c11-10-8-5-6-3-1-2-4-7(6)9(8)10/h1-3,5,7,9H,4H2. The summed E-state index contributed by atoms with van der Waals surface area (Å²) in [5.74, 6) is 1.20. The van der Waals surface area contributed by atoms with Gasteiger partial charge in [0.15, 0.2) is 5.78 Å². The van der Waals surface area contributed by atoms with Crippen LogP contribution < -0.4 is 0 Å². The van der Waals surface area contributed by atoms with Crippen LogP contribution in [0, 0.1) is 11.8 Å². The molecule has 54 valence electrons. The van der Waals surface area contributed by atoms with E-state index in [1.54, 1.807) is 0 Å². The summed E-state index contributed by atoms with van der Waals surface area (Å²) in [6.45, 7) is 0. The number of fused-ring (bicyclic) bond motifs is 3. The van der Waals surface area contributed by atoms with Crippen LogP contribution in [0.5, 0.6) is 0 Å². The number of carbonyl (C=O) groups excluding carboxylic acids is 1. The molecule has 0 heterocycles. The molecular weight excluding hydrogens is 136 g/mol. The van der Waals surface area contributed by atoms with Crippen molar-refractivity contribution >= 4 is 5.78 Å². The van der Waals surface area contributed by atoms with Gasteiger partial charge in [-0.25, -0.2) is 0 Å². The maximum atomic E-state index is 11.0. The second-order valence-corrected chi connectivity index (χ2v) is 3.38. The van der Waals surface area contributed by atoms with E-state index in [4.69, 9.17) is 0 Å². The third-order valence-corrected chi connectivity index (χ3v) is 2.79. The van der Waals surface area contributed by atoms with Gasteiger partial charge < -0.3 is 0 Å². The van der Waals surface area contributed by atoms with Crippen LogP contribution in [-0.2, 0) is 4.79 Å². The quantitative estimate of drug-likeness (QED) is 0.505. The highest BCUT2D eigenvalue weighted by Crippen LogP contribution is 2.51. The van der Waals surface area contributed by atoms with Crippen LogP contribution in [0.15, 0.2) is 35.5 Å². The lowest BCUT2D eigenvalue weighted by Gasteiger charge is -2.13. The number of allylic oxidation sites excluding steroid dienone is 6. The van der Waals surface area contributed by atoms with E-state index in [1.165, 1.54) is 5.57 Å². The Morgan fingerprint density at radius 2 is 2.36 bits per heavy atom. The highest BCUT2D eigenvalue weighted by molar-refractivity contribution is 6.19. The zero-order chi connectivity index (χ0) is 7.42. The molecule has 0 aromatic rings. The van der Waals surface area contributed by atoms with E-state index in [0.29, 0.717) is 17.6 Å². The van der Waals surface area contributed by atoms with Crippen LogP contribution in [-0.4, -0.2) is 5.78 Å². The molecule has 0 saturated heterocycles. The van der Waals surface area contributed by atoms with Crippen LogP contribution in [0.4, 0.5) is 0 Å². The Kier molecular flexibility index (Phi) is 0.780. The molecule has 0 amide bonds. The van der Waals surface area contributed by atoms with Gasteiger partial charge in [0, 0.05) is 11.5 Å². The summed E-state index contributed by atoms with van der Waals surface area (Å²) in [5, 5.41) is 0. The third-order valence-electron chi connectivity index (χ3n) is 2.79. The van der Waals surface area contributed by atoms with Gasteiger partial charge in [0.1, 0.15) is 0 Å². The van der Waals surface area contributed by atoms with Crippen molar-refractivity contribution in [1.29, 1.82) is 0 Å². The Hall–Kier alpha value is -1.11. The van der Waals surface area contributed by atoms with E-state index in [0.717, 1.165) is 12.0 Å². The van der Waals surface area contributed by atoms with Crippen molar-refractivity contribution in [2.24, 2.45) is 11.8 Å². The van der Waals surface area contributed by atoms with Crippen molar-refractivity contribution in [2.45, 2.75) is 6.42 Å². The van der Waals surface area contributed by atoms with Gasteiger partial charge in [0.25, 0.3) is 0 Å². The summed E-state index contributed by atoms with van der Waals surface area (Å²) >= 11 is 0. The Balaban J connectivity index is 2.10. The van der Waals surface area contributed by atoms with Gasteiger partial charge in [-0.1, -0.05) is 24.3 Å². The van der Waals surface area contributed by atoms with Crippen molar-refractivity contribution in [3.8, 4) is 0 Å². The molecular formula is C10H8O. The molecule has 0 aromatic heterocycles. The second kappa shape index (κ2) is 1.55. The fraction of sp³-hybridized carbons (Fsp3) is 0.300. The minimum Gasteiger partial charge on any atom is -0.294 e. The maximum Gasteiger partial charge on any atom is 0.167 e. The summed E-state index contributed by atoms with van der Waals surface area (Å²) in [6, 6.07) is 0. The third kappa shape index (κ3) is 0.543. The number of rotatable bonds is 0. The second-order valence-electron chi connectivity index (χ2n) is 3.38. The van der Waals surface area contributed by atoms with Gasteiger partial charge >= 0.3 is 0 Å². The Morgan fingerprint density at radius 1 is 1.45 bits per heavy atom. The van der Waals surface area contributed by atoms with Gasteiger partial charge in [-0.3, -0.25) is 4.79 Å². The Labute approximate surface area is 65.1 Å². The summed E-state index contributed by atoms with van der Waals surface area (Å²) in [7, 11) is 0. The highest BCUT2D eigenvalue weighted by Gasteiger charge is 2.52. The lowest BCUT2D eigenvalue weighted by Crippen LogP contribution is -2.05. The van der Waals surface area contributed by atoms with Crippen LogP contribution in [0.2, 0.25) is 0 Å². The molecule has 1 fully saturated rings. The molecule has 2 unspecified atom stereocenters. The van der Waals surface area contributed by atoms with Gasteiger partial charge in [-0.15, -0.1) is 0 Å². The SMILES string of the molecule is O=C1C2=CC3=CC=CCC3C12. The normalized spacial score (nSPS) is 37.6. The molecule has 2 atom stereocenters. The van der Waals surface area contributed by atoms with Crippen molar-refractivity contribution in [3.05, 3.63) is 35.5 Å². The molecule has 3 rings (SSSR count). The minimum absolute atomic E-state index is 0.297. The van der Waals surface area contributed by atoms with Crippen molar-refractivity contribution < 1.29 is 4.79 Å². The first-order chi connectivity index (χ1) is 5.38. The van der Waals surface area contributed by atoms with Crippen LogP contribution in [0.3, 0.4) is 0 Å². The van der Waals surface area contributed by atoms with E-state index < -0.39 is 0 Å². The van der Waals surface area contributed by atoms with Crippen LogP contribution in [0.25, 0.3) is 0 Å². The van der Waals surface area contributed by atoms with E-state index in [9.17, 15) is 4.79 Å². The number of hydrogen-bond acceptors (Lipinski definition) is 1. The molecule has 0 aromatic carbocycles. The van der Waals surface area contributed by atoms with E-state index in [2.05, 4.69) is 24.3 Å². The number of hydrogen-bond donors (Lipinski definition) is 0. The molecule has 0 bridgehead atoms. The van der Waals surface area contributed by atoms with Gasteiger partial charge in [-0.05, 0) is 12.0 Å². The largest absolute Gasteiger partial charge is 0.294 e. The maximum absolute atomic E-state index is 11.0. The molecule has 3 aliphatic carbocycles. The fourth-order valence-electron chi connectivity index (χ4n) is 2.12. The molecule has 1 heteroatoms. The first-order valence-corrected chi connectivity index (χ1v) is 4.00. The minimum atomic E-state index is 0.297. The molecule has 11 heavy (non-hydrogen) atoms. The topological polar surface area (TPSA) is 17.1 Å². The summed E-state index contributed by atoms with van der Waals surface area (Å²) in [6.07, 6.45) is 9.48. The lowest BCUT2D eigenvalue weighted by molar-refractivity contribution is -0.110. The van der Waals surface area contributed by atoms with E-state index in [-0.39, 0.29) is 0 Å². The van der Waals surface area contributed by atoms with E-state index >= 15 is 0 Å². The van der Waals surface area contributed by atoms with Crippen molar-refractivity contribution in [3.63, 3.8) is 0 Å². The average Bonchev–Trinajstić information content (AvgIpc) is 2.55. The van der Waals surface area contributed by atoms with Crippen molar-refractivity contribution in [1.82, 2.24) is 0 Å². The molecule has 1 nitrogen and oxygen atoms in total. The Bertz CT molecular complexity index is 331. The van der Waals surface area contributed by atoms with Gasteiger partial charge in [0.2, 0.25) is 0 Å². The fourth-order valence-corrected chi connectivity index (χ4v) is 2.12. The number of Topliss-reactive ketones (excluding diaryl/α,β-unsaturated/α-hetero) is 1. The van der Waals surface area contributed by atoms with Gasteiger partial charge in [0.05, 0.1) is 5.92 Å². The highest BCUT2D eigenvalue weighted by atomic mass is 16.1. The van der Waals surface area contributed by atoms with E-state index in [1.807, 2.05) is 0 Å². The smallest absolute Gasteiger partial charge is 0.167 e. The summed E-state index contributed by atoms with van der Waals surface area (Å²) in [4.78, 5) is 11.0. The lowest BCUT2D eigenvalue weighted by atomic mass is 9.90. The monoisotopic (exact) mass is 144 g/mol. The van der Waals surface area contributed by atoms with Crippen LogP contribution in [0.1, 0.15) is 6.42 Å². The zero-order valence-electron chi connectivity index (χ0n) is 6.08. The molecule has 3 aliphatic rings. The number of carbonyl (C=O) groups is 1. The van der Waals surface area contributed by atoms with Crippen molar-refractivity contribution in [2.75, 3.05) is 0 Å². The predicted octanol–water partition coefficient (Wildman–Crippen LogP) is 1.63. The van der Waals surface area contributed by atoms with Gasteiger partial charge in [-0.2, -0.15) is 0 Å². The average molecular weight is 144 g/mol. The first kappa shape index (κ1) is 5.53. The van der Waals surface area contributed by atoms with Crippen LogP contribution >= 0.6 is 0 Å². The summed E-state index contributed by atoms with van der Waals surface area (Å²) in [5.41, 5.74) is 2.44. The number of ketones is 1. The zero-order valence-corrected chi connectivity index (χ0v) is 6.08. The molecule has 0 N–H and O–H groups in total.